The summed E-state index contributed by atoms with van der Waals surface area (Å²) in [6, 6.07) is 24.5. The lowest BCUT2D eigenvalue weighted by Gasteiger charge is -2.16. The van der Waals surface area contributed by atoms with E-state index in [-0.39, 0.29) is 12.6 Å². The predicted octanol–water partition coefficient (Wildman–Crippen LogP) is 4.79. The Morgan fingerprint density at radius 2 is 1.77 bits per heavy atom. The first-order valence-corrected chi connectivity index (χ1v) is 10.0. The summed E-state index contributed by atoms with van der Waals surface area (Å²) in [7, 11) is 0. The van der Waals surface area contributed by atoms with Crippen LogP contribution < -0.4 is 5.32 Å². The zero-order valence-electron chi connectivity index (χ0n) is 16.4. The molecule has 30 heavy (non-hydrogen) atoms. The lowest BCUT2D eigenvalue weighted by Crippen LogP contribution is -2.27. The van der Waals surface area contributed by atoms with Gasteiger partial charge in [-0.25, -0.2) is 9.97 Å². The van der Waals surface area contributed by atoms with E-state index in [0.717, 1.165) is 22.3 Å². The number of H-pyrrole nitrogens is 1. The number of fused-ring (bicyclic) bond motifs is 2. The smallest absolute Gasteiger partial charge is 0.223 e. The van der Waals surface area contributed by atoms with Gasteiger partial charge in [-0.2, -0.15) is 0 Å². The van der Waals surface area contributed by atoms with Gasteiger partial charge >= 0.3 is 0 Å². The molecule has 3 aromatic carbocycles. The van der Waals surface area contributed by atoms with Gasteiger partial charge in [0.05, 0.1) is 18.3 Å². The van der Waals surface area contributed by atoms with Crippen LogP contribution in [0.2, 0.25) is 0 Å². The predicted molar refractivity (Wildman–Crippen MR) is 121 cm³/mol. The number of anilines is 1. The Morgan fingerprint density at radius 1 is 0.933 bits per heavy atom. The summed E-state index contributed by atoms with van der Waals surface area (Å²) >= 11 is 0. The lowest BCUT2D eigenvalue weighted by atomic mass is 10.0. The Labute approximate surface area is 174 Å². The molecule has 5 aromatic rings. The van der Waals surface area contributed by atoms with Crippen molar-refractivity contribution in [3.8, 4) is 11.3 Å². The molecule has 5 rings (SSSR count). The maximum atomic E-state index is 9.93. The molecule has 1 atom stereocenters. The molecule has 148 valence electrons. The summed E-state index contributed by atoms with van der Waals surface area (Å²) in [5.41, 5.74) is 4.14. The van der Waals surface area contributed by atoms with E-state index in [2.05, 4.69) is 62.7 Å². The van der Waals surface area contributed by atoms with Gasteiger partial charge in [-0.15, -0.1) is 0 Å². The molecule has 0 bridgehead atoms. The number of aliphatic hydroxyl groups excluding tert-OH is 1. The molecule has 0 spiro atoms. The third-order valence-corrected chi connectivity index (χ3v) is 5.40. The summed E-state index contributed by atoms with van der Waals surface area (Å²) in [5, 5.41) is 16.8. The van der Waals surface area contributed by atoms with Crippen LogP contribution in [0.25, 0.3) is 32.9 Å². The largest absolute Gasteiger partial charge is 0.394 e. The summed E-state index contributed by atoms with van der Waals surface area (Å²) in [6.07, 6.45) is 4.42. The van der Waals surface area contributed by atoms with Crippen molar-refractivity contribution < 1.29 is 5.11 Å². The third-order valence-electron chi connectivity index (χ3n) is 5.40. The number of aromatic amines is 1. The zero-order valence-corrected chi connectivity index (χ0v) is 16.4. The molecule has 0 amide bonds. The Bertz CT molecular complexity index is 1310. The molecular weight excluding hydrogens is 372 g/mol. The average molecular weight is 394 g/mol. The van der Waals surface area contributed by atoms with Crippen LogP contribution in [-0.4, -0.2) is 32.7 Å². The molecule has 0 radical (unpaired) electrons. The zero-order chi connectivity index (χ0) is 20.3. The fraction of sp³-hybridized carbons (Fsp3) is 0.120. The molecule has 0 unspecified atom stereocenters. The fourth-order valence-corrected chi connectivity index (χ4v) is 3.85. The third kappa shape index (κ3) is 3.63. The highest BCUT2D eigenvalue weighted by Gasteiger charge is 2.13. The molecule has 0 aliphatic heterocycles. The number of hydrogen-bond donors (Lipinski definition) is 3. The number of benzene rings is 3. The van der Waals surface area contributed by atoms with E-state index in [0.29, 0.717) is 12.4 Å². The van der Waals surface area contributed by atoms with E-state index in [1.807, 2.05) is 36.5 Å². The number of nitrogens with zero attached hydrogens (tertiary/aromatic N) is 2. The van der Waals surface area contributed by atoms with Crippen LogP contribution >= 0.6 is 0 Å². The van der Waals surface area contributed by atoms with Crippen molar-refractivity contribution >= 4 is 27.6 Å². The van der Waals surface area contributed by atoms with Gasteiger partial charge < -0.3 is 15.4 Å². The van der Waals surface area contributed by atoms with Gasteiger partial charge in [0.2, 0.25) is 5.95 Å². The molecule has 0 fully saturated rings. The molecule has 2 heterocycles. The van der Waals surface area contributed by atoms with Gasteiger partial charge in [-0.3, -0.25) is 0 Å². The van der Waals surface area contributed by atoms with Crippen molar-refractivity contribution in [2.75, 3.05) is 11.9 Å². The average Bonchev–Trinajstić information content (AvgIpc) is 3.21. The van der Waals surface area contributed by atoms with E-state index in [4.69, 9.17) is 0 Å². The summed E-state index contributed by atoms with van der Waals surface area (Å²) in [4.78, 5) is 12.3. The number of aromatic nitrogens is 3. The second-order valence-electron chi connectivity index (χ2n) is 7.41. The number of para-hydroxylation sites is 1. The summed E-state index contributed by atoms with van der Waals surface area (Å²) < 4.78 is 0. The Morgan fingerprint density at radius 3 is 2.67 bits per heavy atom. The maximum absolute atomic E-state index is 9.93. The van der Waals surface area contributed by atoms with Crippen LogP contribution in [-0.2, 0) is 6.42 Å². The minimum atomic E-state index is -0.184. The molecule has 0 saturated heterocycles. The lowest BCUT2D eigenvalue weighted by molar-refractivity contribution is 0.273. The fourth-order valence-electron chi connectivity index (χ4n) is 3.85. The summed E-state index contributed by atoms with van der Waals surface area (Å²) in [6.45, 7) is -0.0108. The topological polar surface area (TPSA) is 73.8 Å². The van der Waals surface area contributed by atoms with Crippen molar-refractivity contribution in [3.63, 3.8) is 0 Å². The van der Waals surface area contributed by atoms with Crippen molar-refractivity contribution in [1.82, 2.24) is 15.0 Å². The molecule has 0 aliphatic carbocycles. The van der Waals surface area contributed by atoms with Crippen LogP contribution in [0.5, 0.6) is 0 Å². The molecule has 0 saturated carbocycles. The van der Waals surface area contributed by atoms with E-state index in [9.17, 15) is 5.11 Å². The van der Waals surface area contributed by atoms with Gasteiger partial charge in [-0.1, -0.05) is 54.6 Å². The van der Waals surface area contributed by atoms with Crippen LogP contribution in [0.1, 0.15) is 5.56 Å². The van der Waals surface area contributed by atoms with Crippen LogP contribution in [0.15, 0.2) is 85.2 Å². The molecular formula is C25H22N4O. The van der Waals surface area contributed by atoms with Gasteiger partial charge in [0.15, 0.2) is 0 Å². The van der Waals surface area contributed by atoms with E-state index in [1.54, 1.807) is 6.20 Å². The van der Waals surface area contributed by atoms with Crippen molar-refractivity contribution in [2.24, 2.45) is 0 Å². The minimum Gasteiger partial charge on any atom is -0.394 e. The Hall–Kier alpha value is -3.70. The molecule has 3 N–H and O–H groups in total. The highest BCUT2D eigenvalue weighted by Crippen LogP contribution is 2.24. The van der Waals surface area contributed by atoms with Crippen LogP contribution in [0.3, 0.4) is 0 Å². The van der Waals surface area contributed by atoms with E-state index < -0.39 is 0 Å². The Kier molecular flexibility index (Phi) is 4.87. The van der Waals surface area contributed by atoms with Crippen LogP contribution in [0.4, 0.5) is 5.95 Å². The number of rotatable bonds is 6. The van der Waals surface area contributed by atoms with Gasteiger partial charge in [0, 0.05) is 28.9 Å². The molecule has 5 heteroatoms. The Balaban J connectivity index is 1.38. The number of hydrogen-bond acceptors (Lipinski definition) is 4. The number of aliphatic hydroxyl groups is 1. The standard InChI is InChI=1S/C25H22N4O/c30-16-21(14-20-15-27-24-8-4-3-7-22(20)24)28-25-26-12-11-23(29-25)19-10-9-17-5-1-2-6-18(17)13-19/h1-13,15,21,27,30H,14,16H2,(H,26,28,29)/t21-/m0/s1. The van der Waals surface area contributed by atoms with E-state index >= 15 is 0 Å². The monoisotopic (exact) mass is 394 g/mol. The SMILES string of the molecule is OC[C@H](Cc1c[nH]c2ccccc12)Nc1nccc(-c2ccc3ccccc3c2)n1. The minimum absolute atomic E-state index is 0.0108. The summed E-state index contributed by atoms with van der Waals surface area (Å²) in [5.74, 6) is 0.513. The molecule has 2 aromatic heterocycles. The first-order valence-electron chi connectivity index (χ1n) is 10.0. The second-order valence-corrected chi connectivity index (χ2v) is 7.41. The normalized spacial score (nSPS) is 12.3. The quantitative estimate of drug-likeness (QED) is 0.387. The highest BCUT2D eigenvalue weighted by atomic mass is 16.3. The first-order chi connectivity index (χ1) is 14.8. The van der Waals surface area contributed by atoms with Crippen molar-refractivity contribution in [1.29, 1.82) is 0 Å². The van der Waals surface area contributed by atoms with Crippen molar-refractivity contribution in [2.45, 2.75) is 12.5 Å². The maximum Gasteiger partial charge on any atom is 0.223 e. The second kappa shape index (κ2) is 7.97. The molecule has 0 aliphatic rings. The first kappa shape index (κ1) is 18.3. The van der Waals surface area contributed by atoms with E-state index in [1.165, 1.54) is 16.2 Å². The van der Waals surface area contributed by atoms with Crippen molar-refractivity contribution in [3.05, 3.63) is 90.8 Å². The van der Waals surface area contributed by atoms with Crippen LogP contribution in [0, 0.1) is 0 Å². The number of nitrogens with one attached hydrogen (secondary N) is 2. The van der Waals surface area contributed by atoms with Gasteiger partial charge in [0.1, 0.15) is 0 Å². The molecule has 5 nitrogen and oxygen atoms in total. The highest BCUT2D eigenvalue weighted by molar-refractivity contribution is 5.87. The van der Waals surface area contributed by atoms with Gasteiger partial charge in [-0.05, 0) is 41.0 Å². The van der Waals surface area contributed by atoms with Gasteiger partial charge in [0.25, 0.3) is 0 Å².